The molecule has 3 rings (SSSR count). The van der Waals surface area contributed by atoms with Crippen LogP contribution in [0.1, 0.15) is 83.1 Å². The standard InChI is InChI=1S/C22H32O2/c1-15(2)13-22(14-21(22,4)5)20(23)24-16(3)18-11-10-17-8-6-7-9-19(17)12-18/h10-12,15-16H,6-9,13-14H2,1-5H3. The Morgan fingerprint density at radius 2 is 1.75 bits per heavy atom. The van der Waals surface area contributed by atoms with E-state index in [1.807, 2.05) is 6.92 Å². The van der Waals surface area contributed by atoms with Crippen molar-refractivity contribution in [2.24, 2.45) is 16.7 Å². The van der Waals surface area contributed by atoms with E-state index >= 15 is 0 Å². The Hall–Kier alpha value is -1.31. The zero-order valence-electron chi connectivity index (χ0n) is 15.9. The molecule has 0 spiro atoms. The molecule has 1 saturated carbocycles. The predicted octanol–water partition coefficient (Wildman–Crippen LogP) is 5.63. The van der Waals surface area contributed by atoms with Gasteiger partial charge in [-0.25, -0.2) is 0 Å². The summed E-state index contributed by atoms with van der Waals surface area (Å²) < 4.78 is 5.95. The van der Waals surface area contributed by atoms with Gasteiger partial charge in [0, 0.05) is 0 Å². The first-order valence-electron chi connectivity index (χ1n) is 9.58. The molecular weight excluding hydrogens is 296 g/mol. The molecule has 1 aromatic rings. The van der Waals surface area contributed by atoms with E-state index in [4.69, 9.17) is 4.74 Å². The Labute approximate surface area is 147 Å². The molecule has 0 saturated heterocycles. The van der Waals surface area contributed by atoms with Crippen LogP contribution in [0.3, 0.4) is 0 Å². The molecule has 24 heavy (non-hydrogen) atoms. The first-order valence-corrected chi connectivity index (χ1v) is 9.58. The molecule has 1 fully saturated rings. The van der Waals surface area contributed by atoms with Crippen molar-refractivity contribution in [2.75, 3.05) is 0 Å². The Balaban J connectivity index is 1.72. The van der Waals surface area contributed by atoms with Crippen LogP contribution < -0.4 is 0 Å². The predicted molar refractivity (Wildman–Crippen MR) is 97.9 cm³/mol. The van der Waals surface area contributed by atoms with Crippen molar-refractivity contribution >= 4 is 5.97 Å². The summed E-state index contributed by atoms with van der Waals surface area (Å²) in [4.78, 5) is 12.9. The number of benzene rings is 1. The van der Waals surface area contributed by atoms with Crippen LogP contribution in [-0.2, 0) is 22.4 Å². The van der Waals surface area contributed by atoms with Gasteiger partial charge in [-0.05, 0) is 73.5 Å². The van der Waals surface area contributed by atoms with Gasteiger partial charge in [-0.3, -0.25) is 4.79 Å². The number of hydrogen-bond acceptors (Lipinski definition) is 2. The molecule has 0 aromatic heterocycles. The monoisotopic (exact) mass is 328 g/mol. The van der Waals surface area contributed by atoms with Gasteiger partial charge in [0.15, 0.2) is 0 Å². The number of rotatable bonds is 5. The van der Waals surface area contributed by atoms with Crippen LogP contribution >= 0.6 is 0 Å². The highest BCUT2D eigenvalue weighted by molar-refractivity contribution is 5.82. The van der Waals surface area contributed by atoms with Gasteiger partial charge >= 0.3 is 5.97 Å². The molecule has 0 heterocycles. The summed E-state index contributed by atoms with van der Waals surface area (Å²) in [6.45, 7) is 10.8. The van der Waals surface area contributed by atoms with Crippen LogP contribution in [0.15, 0.2) is 18.2 Å². The number of carbonyl (C=O) groups is 1. The fourth-order valence-electron chi connectivity index (χ4n) is 4.54. The van der Waals surface area contributed by atoms with Crippen molar-refractivity contribution in [3.63, 3.8) is 0 Å². The van der Waals surface area contributed by atoms with Crippen molar-refractivity contribution in [3.8, 4) is 0 Å². The zero-order valence-corrected chi connectivity index (χ0v) is 15.9. The molecule has 2 atom stereocenters. The van der Waals surface area contributed by atoms with Crippen molar-refractivity contribution in [2.45, 2.75) is 79.2 Å². The molecule has 2 aliphatic rings. The summed E-state index contributed by atoms with van der Waals surface area (Å²) in [5.74, 6) is 0.518. The van der Waals surface area contributed by atoms with Gasteiger partial charge in [0.1, 0.15) is 6.10 Å². The number of aryl methyl sites for hydroxylation is 2. The highest BCUT2D eigenvalue weighted by Crippen LogP contribution is 2.67. The maximum atomic E-state index is 12.9. The molecule has 2 unspecified atom stereocenters. The van der Waals surface area contributed by atoms with Gasteiger partial charge in [0.05, 0.1) is 5.41 Å². The fraction of sp³-hybridized carbons (Fsp3) is 0.682. The Kier molecular flexibility index (Phi) is 4.53. The first-order chi connectivity index (χ1) is 11.2. The van der Waals surface area contributed by atoms with Crippen LogP contribution in [0.2, 0.25) is 0 Å². The van der Waals surface area contributed by atoms with E-state index in [1.165, 1.54) is 30.4 Å². The summed E-state index contributed by atoms with van der Waals surface area (Å²) in [6, 6.07) is 6.65. The van der Waals surface area contributed by atoms with Crippen LogP contribution in [0.25, 0.3) is 0 Å². The summed E-state index contributed by atoms with van der Waals surface area (Å²) in [5, 5.41) is 0. The second kappa shape index (κ2) is 6.20. The van der Waals surface area contributed by atoms with Crippen LogP contribution in [0, 0.1) is 16.7 Å². The Morgan fingerprint density at radius 1 is 1.12 bits per heavy atom. The normalized spacial score (nSPS) is 25.9. The van der Waals surface area contributed by atoms with E-state index in [0.29, 0.717) is 5.92 Å². The largest absolute Gasteiger partial charge is 0.457 e. The smallest absolute Gasteiger partial charge is 0.313 e. The van der Waals surface area contributed by atoms with Crippen molar-refractivity contribution in [1.82, 2.24) is 0 Å². The van der Waals surface area contributed by atoms with Crippen molar-refractivity contribution in [1.29, 1.82) is 0 Å². The number of carbonyl (C=O) groups excluding carboxylic acids is 1. The third-order valence-electron chi connectivity index (χ3n) is 6.19. The lowest BCUT2D eigenvalue weighted by molar-refractivity contribution is -0.157. The molecule has 0 radical (unpaired) electrons. The summed E-state index contributed by atoms with van der Waals surface area (Å²) in [7, 11) is 0. The van der Waals surface area contributed by atoms with Gasteiger partial charge in [-0.2, -0.15) is 0 Å². The lowest BCUT2D eigenvalue weighted by atomic mass is 9.87. The van der Waals surface area contributed by atoms with Gasteiger partial charge in [-0.1, -0.05) is 45.9 Å². The van der Waals surface area contributed by atoms with E-state index in [-0.39, 0.29) is 22.9 Å². The minimum atomic E-state index is -0.274. The topological polar surface area (TPSA) is 26.3 Å². The Morgan fingerprint density at radius 3 is 2.33 bits per heavy atom. The molecule has 0 N–H and O–H groups in total. The van der Waals surface area contributed by atoms with Gasteiger partial charge in [0.25, 0.3) is 0 Å². The number of hydrogen-bond donors (Lipinski definition) is 0. The first kappa shape index (κ1) is 17.5. The van der Waals surface area contributed by atoms with Gasteiger partial charge in [-0.15, -0.1) is 0 Å². The minimum Gasteiger partial charge on any atom is -0.457 e. The van der Waals surface area contributed by atoms with Gasteiger partial charge in [0.2, 0.25) is 0 Å². The average molecular weight is 328 g/mol. The van der Waals surface area contributed by atoms with Crippen molar-refractivity contribution < 1.29 is 9.53 Å². The summed E-state index contributed by atoms with van der Waals surface area (Å²) in [5.41, 5.74) is 3.86. The number of fused-ring (bicyclic) bond motifs is 1. The number of ether oxygens (including phenoxy) is 1. The second-order valence-corrected chi connectivity index (χ2v) is 9.02. The lowest BCUT2D eigenvalue weighted by Crippen LogP contribution is -2.26. The molecule has 1 aromatic carbocycles. The molecule has 2 heteroatoms. The average Bonchev–Trinajstić information content (AvgIpc) is 3.08. The second-order valence-electron chi connectivity index (χ2n) is 9.02. The summed E-state index contributed by atoms with van der Waals surface area (Å²) >= 11 is 0. The van der Waals surface area contributed by atoms with Crippen LogP contribution in [0.5, 0.6) is 0 Å². The quantitative estimate of drug-likeness (QED) is 0.655. The molecule has 0 amide bonds. The van der Waals surface area contributed by atoms with Crippen LogP contribution in [-0.4, -0.2) is 5.97 Å². The van der Waals surface area contributed by atoms with E-state index < -0.39 is 0 Å². The van der Waals surface area contributed by atoms with Gasteiger partial charge < -0.3 is 4.74 Å². The SMILES string of the molecule is CC(C)CC1(C(=O)OC(C)c2ccc3c(c2)CCCC3)CC1(C)C. The van der Waals surface area contributed by atoms with E-state index in [9.17, 15) is 4.79 Å². The van der Waals surface area contributed by atoms with Crippen LogP contribution in [0.4, 0.5) is 0 Å². The Bertz CT molecular complexity index is 629. The lowest BCUT2D eigenvalue weighted by Gasteiger charge is -2.24. The maximum absolute atomic E-state index is 12.9. The third-order valence-corrected chi connectivity index (χ3v) is 6.19. The van der Waals surface area contributed by atoms with E-state index in [2.05, 4.69) is 45.9 Å². The highest BCUT2D eigenvalue weighted by atomic mass is 16.5. The molecule has 2 nitrogen and oxygen atoms in total. The van der Waals surface area contributed by atoms with E-state index in [1.54, 1.807) is 0 Å². The minimum absolute atomic E-state index is 0.00595. The fourth-order valence-corrected chi connectivity index (χ4v) is 4.54. The van der Waals surface area contributed by atoms with Crippen molar-refractivity contribution in [3.05, 3.63) is 34.9 Å². The molecule has 2 aliphatic carbocycles. The molecule has 0 aliphatic heterocycles. The summed E-state index contributed by atoms with van der Waals surface area (Å²) in [6.07, 6.45) is 6.64. The zero-order chi connectivity index (χ0) is 17.5. The third kappa shape index (κ3) is 3.12. The maximum Gasteiger partial charge on any atom is 0.313 e. The molecule has 0 bridgehead atoms. The molecule has 132 valence electrons. The highest BCUT2D eigenvalue weighted by Gasteiger charge is 2.67. The molecular formula is C22H32O2. The number of esters is 1. The van der Waals surface area contributed by atoms with E-state index in [0.717, 1.165) is 24.8 Å².